The molecule has 1 aromatic rings. The van der Waals surface area contributed by atoms with Crippen LogP contribution < -0.4 is 5.73 Å². The molecule has 0 saturated carbocycles. The number of alkyl halides is 3. The number of aromatic nitrogens is 2. The van der Waals surface area contributed by atoms with Gasteiger partial charge in [-0.25, -0.2) is 9.78 Å². The van der Waals surface area contributed by atoms with E-state index >= 15 is 0 Å². The second-order valence-corrected chi connectivity index (χ2v) is 3.40. The first-order chi connectivity index (χ1) is 7.76. The predicted octanol–water partition coefficient (Wildman–Crippen LogP) is 1.51. The van der Waals surface area contributed by atoms with E-state index < -0.39 is 18.6 Å². The van der Waals surface area contributed by atoms with Gasteiger partial charge in [-0.3, -0.25) is 0 Å². The molecule has 1 heterocycles. The lowest BCUT2D eigenvalue weighted by atomic mass is 10.4. The third-order valence-electron chi connectivity index (χ3n) is 2.20. The molecule has 2 N–H and O–H groups in total. The highest BCUT2D eigenvalue weighted by Gasteiger charge is 2.28. The number of halogens is 3. The Labute approximate surface area is 95.4 Å². The van der Waals surface area contributed by atoms with Crippen LogP contribution in [-0.2, 0) is 11.3 Å². The van der Waals surface area contributed by atoms with Crippen molar-refractivity contribution in [1.29, 1.82) is 0 Å². The molecule has 1 aromatic heterocycles. The van der Waals surface area contributed by atoms with Crippen molar-refractivity contribution in [2.24, 2.45) is 0 Å². The Morgan fingerprint density at radius 3 is 2.59 bits per heavy atom. The van der Waals surface area contributed by atoms with Crippen LogP contribution in [0.25, 0.3) is 0 Å². The summed E-state index contributed by atoms with van der Waals surface area (Å²) < 4.78 is 41.8. The molecule has 0 amide bonds. The van der Waals surface area contributed by atoms with E-state index in [1.165, 1.54) is 6.92 Å². The van der Waals surface area contributed by atoms with Gasteiger partial charge in [0.25, 0.3) is 0 Å². The molecule has 0 spiro atoms. The molecule has 8 heteroatoms. The Balaban J connectivity index is 2.94. The van der Waals surface area contributed by atoms with Gasteiger partial charge < -0.3 is 15.0 Å². The Bertz CT molecular complexity index is 426. The van der Waals surface area contributed by atoms with Crippen LogP contribution in [0.3, 0.4) is 0 Å². The van der Waals surface area contributed by atoms with E-state index in [1.54, 1.807) is 0 Å². The average Bonchev–Trinajstić information content (AvgIpc) is 2.49. The number of nitrogen functional groups attached to an aromatic ring is 1. The molecule has 5 nitrogen and oxygen atoms in total. The fourth-order valence-corrected chi connectivity index (χ4v) is 1.35. The number of hydrogen-bond donors (Lipinski definition) is 1. The number of hydrogen-bond acceptors (Lipinski definition) is 4. The van der Waals surface area contributed by atoms with Gasteiger partial charge in [0.1, 0.15) is 11.6 Å². The highest BCUT2D eigenvalue weighted by atomic mass is 19.4. The van der Waals surface area contributed by atoms with Crippen LogP contribution >= 0.6 is 0 Å². The molecule has 0 aromatic carbocycles. The summed E-state index contributed by atoms with van der Waals surface area (Å²) in [4.78, 5) is 15.0. The number of esters is 1. The minimum atomic E-state index is -4.28. The van der Waals surface area contributed by atoms with Crippen LogP contribution in [0.1, 0.15) is 22.7 Å². The molecule has 1 rings (SSSR count). The second kappa shape index (κ2) is 4.64. The number of methoxy groups -OCH3 is 1. The first kappa shape index (κ1) is 13.3. The summed E-state index contributed by atoms with van der Waals surface area (Å²) in [5, 5.41) is 0. The smallest absolute Gasteiger partial charge is 0.390 e. The number of aryl methyl sites for hydroxylation is 1. The standard InChI is InChI=1S/C9H12F3N3O2/c1-5-14-6(8(16)17-2)7(13)15(5)4-3-9(10,11)12/h3-4,13H2,1-2H3. The van der Waals surface area contributed by atoms with Gasteiger partial charge in [0.15, 0.2) is 5.69 Å². The first-order valence-corrected chi connectivity index (χ1v) is 4.74. The van der Waals surface area contributed by atoms with Crippen LogP contribution in [0.15, 0.2) is 0 Å². The Morgan fingerprint density at radius 2 is 2.12 bits per heavy atom. The predicted molar refractivity (Wildman–Crippen MR) is 53.4 cm³/mol. The normalized spacial score (nSPS) is 11.6. The van der Waals surface area contributed by atoms with Crippen molar-refractivity contribution in [3.8, 4) is 0 Å². The molecule has 17 heavy (non-hydrogen) atoms. The Hall–Kier alpha value is -1.73. The monoisotopic (exact) mass is 251 g/mol. The Kier molecular flexibility index (Phi) is 3.64. The molecule has 0 fully saturated rings. The van der Waals surface area contributed by atoms with Gasteiger partial charge in [0.2, 0.25) is 0 Å². The number of nitrogens with two attached hydrogens (primary N) is 1. The minimum absolute atomic E-state index is 0.112. The van der Waals surface area contributed by atoms with Crippen molar-refractivity contribution in [2.75, 3.05) is 12.8 Å². The lowest BCUT2D eigenvalue weighted by Crippen LogP contribution is -2.15. The van der Waals surface area contributed by atoms with Crippen LogP contribution in [-0.4, -0.2) is 28.8 Å². The summed E-state index contributed by atoms with van der Waals surface area (Å²) in [5.41, 5.74) is 5.38. The molecule has 0 bridgehead atoms. The van der Waals surface area contributed by atoms with Gasteiger partial charge >= 0.3 is 12.1 Å². The lowest BCUT2D eigenvalue weighted by molar-refractivity contribution is -0.136. The van der Waals surface area contributed by atoms with Crippen molar-refractivity contribution in [3.63, 3.8) is 0 Å². The summed E-state index contributed by atoms with van der Waals surface area (Å²) in [6, 6.07) is 0. The highest BCUT2D eigenvalue weighted by Crippen LogP contribution is 2.23. The van der Waals surface area contributed by atoms with E-state index in [1.807, 2.05) is 0 Å². The van der Waals surface area contributed by atoms with Gasteiger partial charge in [-0.2, -0.15) is 13.2 Å². The van der Waals surface area contributed by atoms with Gasteiger partial charge in [-0.1, -0.05) is 0 Å². The Morgan fingerprint density at radius 1 is 1.53 bits per heavy atom. The molecule has 0 radical (unpaired) electrons. The quantitative estimate of drug-likeness (QED) is 0.827. The summed E-state index contributed by atoms with van der Waals surface area (Å²) in [6.45, 7) is 1.10. The second-order valence-electron chi connectivity index (χ2n) is 3.40. The van der Waals surface area contributed by atoms with Crippen molar-refractivity contribution in [1.82, 2.24) is 9.55 Å². The van der Waals surface area contributed by atoms with E-state index in [0.29, 0.717) is 0 Å². The molecule has 0 unspecified atom stereocenters. The SMILES string of the molecule is COC(=O)c1nc(C)n(CCC(F)(F)F)c1N. The van der Waals surface area contributed by atoms with Crippen molar-refractivity contribution in [2.45, 2.75) is 26.1 Å². The number of nitrogens with zero attached hydrogens (tertiary/aromatic N) is 2. The molecule has 96 valence electrons. The third-order valence-corrected chi connectivity index (χ3v) is 2.20. The maximum Gasteiger partial charge on any atom is 0.390 e. The zero-order chi connectivity index (χ0) is 13.2. The molecule has 0 aliphatic carbocycles. The zero-order valence-corrected chi connectivity index (χ0v) is 9.34. The maximum atomic E-state index is 12.1. The van der Waals surface area contributed by atoms with E-state index in [0.717, 1.165) is 11.7 Å². The summed E-state index contributed by atoms with van der Waals surface area (Å²) in [7, 11) is 1.14. The fraction of sp³-hybridized carbons (Fsp3) is 0.556. The summed E-state index contributed by atoms with van der Waals surface area (Å²) in [5.74, 6) is -0.637. The van der Waals surface area contributed by atoms with Crippen molar-refractivity contribution >= 4 is 11.8 Å². The van der Waals surface area contributed by atoms with E-state index in [9.17, 15) is 18.0 Å². The van der Waals surface area contributed by atoms with E-state index in [2.05, 4.69) is 9.72 Å². The number of imidazole rings is 1. The molecular formula is C9H12F3N3O2. The van der Waals surface area contributed by atoms with E-state index in [-0.39, 0.29) is 23.9 Å². The van der Waals surface area contributed by atoms with Crippen LogP contribution in [0.4, 0.5) is 19.0 Å². The number of anilines is 1. The number of rotatable bonds is 3. The topological polar surface area (TPSA) is 70.1 Å². The van der Waals surface area contributed by atoms with Crippen LogP contribution in [0, 0.1) is 6.92 Å². The highest BCUT2D eigenvalue weighted by molar-refractivity contribution is 5.92. The minimum Gasteiger partial charge on any atom is -0.464 e. The van der Waals surface area contributed by atoms with Crippen molar-refractivity contribution < 1.29 is 22.7 Å². The average molecular weight is 251 g/mol. The molecule has 0 atom stereocenters. The largest absolute Gasteiger partial charge is 0.464 e. The molecule has 0 aliphatic heterocycles. The number of carbonyl (C=O) groups is 1. The van der Waals surface area contributed by atoms with Gasteiger partial charge in [-0.05, 0) is 6.92 Å². The zero-order valence-electron chi connectivity index (χ0n) is 9.34. The molecule has 0 aliphatic rings. The first-order valence-electron chi connectivity index (χ1n) is 4.74. The lowest BCUT2D eigenvalue weighted by Gasteiger charge is -2.09. The molecule has 0 saturated heterocycles. The number of ether oxygens (including phenoxy) is 1. The third kappa shape index (κ3) is 3.11. The summed E-state index contributed by atoms with van der Waals surface area (Å²) >= 11 is 0. The van der Waals surface area contributed by atoms with Crippen LogP contribution in [0.5, 0.6) is 0 Å². The van der Waals surface area contributed by atoms with Gasteiger partial charge in [0, 0.05) is 6.54 Å². The van der Waals surface area contributed by atoms with E-state index in [4.69, 9.17) is 5.73 Å². The fourth-order valence-electron chi connectivity index (χ4n) is 1.35. The maximum absolute atomic E-state index is 12.1. The van der Waals surface area contributed by atoms with Crippen molar-refractivity contribution in [3.05, 3.63) is 11.5 Å². The van der Waals surface area contributed by atoms with Gasteiger partial charge in [-0.15, -0.1) is 0 Å². The summed E-state index contributed by atoms with van der Waals surface area (Å²) in [6.07, 6.45) is -5.32. The number of carbonyl (C=O) groups excluding carboxylic acids is 1. The van der Waals surface area contributed by atoms with Crippen LogP contribution in [0.2, 0.25) is 0 Å². The van der Waals surface area contributed by atoms with Gasteiger partial charge in [0.05, 0.1) is 13.5 Å². The molecular weight excluding hydrogens is 239 g/mol.